The maximum absolute atomic E-state index is 6.36. The van der Waals surface area contributed by atoms with Crippen LogP contribution in [0.2, 0.25) is 5.02 Å². The molecule has 1 atom stereocenters. The van der Waals surface area contributed by atoms with Crippen LogP contribution in [0.25, 0.3) is 17.1 Å². The minimum Gasteiger partial charge on any atom is -0.401 e. The van der Waals surface area contributed by atoms with Crippen molar-refractivity contribution in [3.63, 3.8) is 0 Å². The van der Waals surface area contributed by atoms with Crippen molar-refractivity contribution in [1.82, 2.24) is 39.7 Å². The molecule has 0 bridgehead atoms. The molecule has 0 unspecified atom stereocenters. The summed E-state index contributed by atoms with van der Waals surface area (Å²) in [6.45, 7) is 0.656. The van der Waals surface area contributed by atoms with Gasteiger partial charge in [0.05, 0.1) is 34.5 Å². The number of hydrogen-bond donors (Lipinski definition) is 1. The van der Waals surface area contributed by atoms with Gasteiger partial charge in [0.25, 0.3) is 5.89 Å². The molecule has 0 spiro atoms. The van der Waals surface area contributed by atoms with E-state index in [0.717, 1.165) is 29.0 Å². The first kappa shape index (κ1) is 17.1. The molecule has 0 aliphatic carbocycles. The van der Waals surface area contributed by atoms with Crippen molar-refractivity contribution in [2.45, 2.75) is 12.5 Å². The number of pyridine rings is 1. The normalized spacial score (nSPS) is 16.2. The van der Waals surface area contributed by atoms with Gasteiger partial charge in [-0.2, -0.15) is 5.10 Å². The van der Waals surface area contributed by atoms with Gasteiger partial charge in [-0.05, 0) is 18.2 Å². The SMILES string of the molecule is Clc1cccn2nc([C@H]3c4nc[nH]c4CCN3c3nnc(-c4cnccn4)o3)cc12. The van der Waals surface area contributed by atoms with E-state index in [1.807, 2.05) is 29.3 Å². The first-order chi connectivity index (χ1) is 14.8. The van der Waals surface area contributed by atoms with E-state index in [9.17, 15) is 0 Å². The highest BCUT2D eigenvalue weighted by Gasteiger charge is 2.36. The number of rotatable bonds is 3. The minimum absolute atomic E-state index is 0.300. The molecule has 10 nitrogen and oxygen atoms in total. The summed E-state index contributed by atoms with van der Waals surface area (Å²) >= 11 is 6.36. The Kier molecular flexibility index (Phi) is 3.78. The first-order valence-electron chi connectivity index (χ1n) is 9.30. The number of fused-ring (bicyclic) bond motifs is 2. The molecule has 5 aromatic heterocycles. The highest BCUT2D eigenvalue weighted by atomic mass is 35.5. The third-order valence-corrected chi connectivity index (χ3v) is 5.44. The van der Waals surface area contributed by atoms with Crippen molar-refractivity contribution >= 4 is 23.1 Å². The van der Waals surface area contributed by atoms with Crippen LogP contribution in [0.3, 0.4) is 0 Å². The highest BCUT2D eigenvalue weighted by molar-refractivity contribution is 6.33. The number of halogens is 1. The van der Waals surface area contributed by atoms with Crippen LogP contribution in [0, 0.1) is 0 Å². The molecule has 1 aliphatic heterocycles. The molecule has 0 saturated heterocycles. The van der Waals surface area contributed by atoms with Gasteiger partial charge in [0.1, 0.15) is 11.7 Å². The van der Waals surface area contributed by atoms with Gasteiger partial charge in [0.2, 0.25) is 0 Å². The second-order valence-electron chi connectivity index (χ2n) is 6.85. The van der Waals surface area contributed by atoms with Crippen LogP contribution in [0.15, 0.2) is 53.7 Å². The quantitative estimate of drug-likeness (QED) is 0.474. The Morgan fingerprint density at radius 1 is 1.20 bits per heavy atom. The van der Waals surface area contributed by atoms with Gasteiger partial charge in [0.15, 0.2) is 0 Å². The lowest BCUT2D eigenvalue weighted by molar-refractivity contribution is 0.502. The molecular weight excluding hydrogens is 406 g/mol. The number of anilines is 1. The Balaban J connectivity index is 1.46. The van der Waals surface area contributed by atoms with Gasteiger partial charge in [0, 0.05) is 37.3 Å². The van der Waals surface area contributed by atoms with Crippen LogP contribution in [0.5, 0.6) is 0 Å². The maximum Gasteiger partial charge on any atom is 0.319 e. The third-order valence-electron chi connectivity index (χ3n) is 5.12. The molecule has 1 aliphatic rings. The molecule has 0 fully saturated rings. The van der Waals surface area contributed by atoms with Crippen molar-refractivity contribution in [2.24, 2.45) is 0 Å². The minimum atomic E-state index is -0.300. The van der Waals surface area contributed by atoms with E-state index in [1.54, 1.807) is 29.4 Å². The van der Waals surface area contributed by atoms with Crippen molar-refractivity contribution < 1.29 is 4.42 Å². The van der Waals surface area contributed by atoms with Crippen LogP contribution < -0.4 is 4.90 Å². The van der Waals surface area contributed by atoms with Gasteiger partial charge in [-0.1, -0.05) is 16.7 Å². The van der Waals surface area contributed by atoms with E-state index in [1.165, 1.54) is 0 Å². The summed E-state index contributed by atoms with van der Waals surface area (Å²) in [7, 11) is 0. The summed E-state index contributed by atoms with van der Waals surface area (Å²) in [6.07, 6.45) is 9.09. The highest BCUT2D eigenvalue weighted by Crippen LogP contribution is 2.37. The number of imidazole rings is 1. The van der Waals surface area contributed by atoms with Crippen molar-refractivity contribution in [2.75, 3.05) is 11.4 Å². The summed E-state index contributed by atoms with van der Waals surface area (Å²) in [4.78, 5) is 18.1. The zero-order valence-corrected chi connectivity index (χ0v) is 16.2. The van der Waals surface area contributed by atoms with Gasteiger partial charge in [-0.3, -0.25) is 4.98 Å². The second kappa shape index (κ2) is 6.63. The van der Waals surface area contributed by atoms with Crippen molar-refractivity contribution in [3.8, 4) is 11.6 Å². The monoisotopic (exact) mass is 419 g/mol. The lowest BCUT2D eigenvalue weighted by Gasteiger charge is -2.32. The average molecular weight is 420 g/mol. The number of hydrogen-bond acceptors (Lipinski definition) is 8. The fraction of sp³-hybridized carbons (Fsp3) is 0.158. The van der Waals surface area contributed by atoms with E-state index >= 15 is 0 Å². The van der Waals surface area contributed by atoms with Crippen molar-refractivity contribution in [3.05, 3.63) is 71.4 Å². The Bertz CT molecular complexity index is 1340. The van der Waals surface area contributed by atoms with Crippen LogP contribution in [0.4, 0.5) is 6.01 Å². The van der Waals surface area contributed by atoms with E-state index in [4.69, 9.17) is 21.1 Å². The molecule has 0 aromatic carbocycles. The van der Waals surface area contributed by atoms with E-state index < -0.39 is 0 Å². The van der Waals surface area contributed by atoms with Crippen LogP contribution in [-0.4, -0.2) is 46.3 Å². The Morgan fingerprint density at radius 3 is 3.03 bits per heavy atom. The van der Waals surface area contributed by atoms with Crippen LogP contribution >= 0.6 is 11.6 Å². The predicted molar refractivity (Wildman–Crippen MR) is 107 cm³/mol. The number of nitrogens with one attached hydrogen (secondary N) is 1. The summed E-state index contributed by atoms with van der Waals surface area (Å²) in [5, 5.41) is 13.8. The zero-order chi connectivity index (χ0) is 20.1. The number of H-pyrrole nitrogens is 1. The lowest BCUT2D eigenvalue weighted by Crippen LogP contribution is -2.36. The predicted octanol–water partition coefficient (Wildman–Crippen LogP) is 2.70. The molecule has 30 heavy (non-hydrogen) atoms. The van der Waals surface area contributed by atoms with Crippen molar-refractivity contribution in [1.29, 1.82) is 0 Å². The summed E-state index contributed by atoms with van der Waals surface area (Å²) in [5.41, 5.74) is 4.07. The van der Waals surface area contributed by atoms with Crippen LogP contribution in [-0.2, 0) is 6.42 Å². The molecule has 5 aromatic rings. The number of aromatic nitrogens is 8. The standard InChI is InChI=1S/C19H14ClN9O/c20-11-2-1-6-29-15(11)8-13(27-29)17-16-12(23-10-24-16)3-7-28(17)19-26-25-18(30-19)14-9-21-4-5-22-14/h1-2,4-6,8-10,17H,3,7H2,(H,23,24)/t17-/m0/s1. The topological polar surface area (TPSA) is 114 Å². The molecule has 11 heteroatoms. The number of aromatic amines is 1. The Morgan fingerprint density at radius 2 is 2.17 bits per heavy atom. The average Bonchev–Trinajstić information content (AvgIpc) is 3.52. The maximum atomic E-state index is 6.36. The Labute approximate surface area is 174 Å². The zero-order valence-electron chi connectivity index (χ0n) is 15.5. The van der Waals surface area contributed by atoms with Gasteiger partial charge in [-0.25, -0.2) is 14.5 Å². The second-order valence-corrected chi connectivity index (χ2v) is 7.26. The molecular formula is C19H14ClN9O. The first-order valence-corrected chi connectivity index (χ1v) is 9.68. The fourth-order valence-electron chi connectivity index (χ4n) is 3.76. The largest absolute Gasteiger partial charge is 0.401 e. The van der Waals surface area contributed by atoms with E-state index in [0.29, 0.717) is 29.2 Å². The number of nitrogens with zero attached hydrogens (tertiary/aromatic N) is 8. The molecule has 6 rings (SSSR count). The molecule has 0 radical (unpaired) electrons. The fourth-order valence-corrected chi connectivity index (χ4v) is 3.97. The summed E-state index contributed by atoms with van der Waals surface area (Å²) < 4.78 is 7.71. The smallest absolute Gasteiger partial charge is 0.319 e. The summed E-state index contributed by atoms with van der Waals surface area (Å²) in [5.74, 6) is 0.308. The van der Waals surface area contributed by atoms with E-state index in [-0.39, 0.29) is 6.04 Å². The molecule has 1 N–H and O–H groups in total. The van der Waals surface area contributed by atoms with E-state index in [2.05, 4.69) is 30.1 Å². The third kappa shape index (κ3) is 2.65. The summed E-state index contributed by atoms with van der Waals surface area (Å²) in [6, 6.07) is 5.73. The molecule has 0 amide bonds. The molecule has 0 saturated carbocycles. The lowest BCUT2D eigenvalue weighted by atomic mass is 10.0. The van der Waals surface area contributed by atoms with Crippen LogP contribution in [0.1, 0.15) is 23.1 Å². The molecule has 148 valence electrons. The van der Waals surface area contributed by atoms with Gasteiger partial charge in [-0.15, -0.1) is 5.10 Å². The van der Waals surface area contributed by atoms with Gasteiger partial charge < -0.3 is 14.3 Å². The molecule has 6 heterocycles. The Hall–Kier alpha value is -3.79. The van der Waals surface area contributed by atoms with Gasteiger partial charge >= 0.3 is 6.01 Å².